The van der Waals surface area contributed by atoms with E-state index in [-0.39, 0.29) is 28.6 Å². The van der Waals surface area contributed by atoms with Gasteiger partial charge in [0.2, 0.25) is 5.78 Å². The Bertz CT molecular complexity index is 1190. The predicted octanol–water partition coefficient (Wildman–Crippen LogP) is 4.02. The van der Waals surface area contributed by atoms with Crippen LogP contribution in [-0.4, -0.2) is 26.3 Å². The van der Waals surface area contributed by atoms with Gasteiger partial charge >= 0.3 is 0 Å². The minimum atomic E-state index is -0.347. The maximum absolute atomic E-state index is 13.1. The summed E-state index contributed by atoms with van der Waals surface area (Å²) in [5, 5.41) is 5.68. The van der Waals surface area contributed by atoms with Gasteiger partial charge in [0.05, 0.1) is 11.4 Å². The largest absolute Gasteiger partial charge is 0.395 e. The fraction of sp³-hybridized carbons (Fsp3) is 0.0500. The molecule has 2 heterocycles. The van der Waals surface area contributed by atoms with Crippen LogP contribution in [0.3, 0.4) is 0 Å². The number of fused-ring (bicyclic) bond motifs is 1. The Morgan fingerprint density at radius 2 is 1.81 bits per heavy atom. The van der Waals surface area contributed by atoms with Crippen LogP contribution >= 0.6 is 11.6 Å². The summed E-state index contributed by atoms with van der Waals surface area (Å²) >= 11 is 5.93. The van der Waals surface area contributed by atoms with Crippen LogP contribution < -0.4 is 5.73 Å². The molecule has 4 rings (SSSR count). The smallest absolute Gasteiger partial charge is 0.217 e. The van der Waals surface area contributed by atoms with Crippen molar-refractivity contribution in [1.29, 1.82) is 0 Å². The number of ketones is 2. The lowest BCUT2D eigenvalue weighted by Gasteiger charge is -2.05. The molecule has 7 heteroatoms. The van der Waals surface area contributed by atoms with Crippen molar-refractivity contribution in [2.75, 3.05) is 5.73 Å². The summed E-state index contributed by atoms with van der Waals surface area (Å²) in [6.45, 7) is 1.39. The van der Waals surface area contributed by atoms with E-state index < -0.39 is 0 Å². The summed E-state index contributed by atoms with van der Waals surface area (Å²) in [5.41, 5.74) is 8.31. The first-order valence-corrected chi connectivity index (χ1v) is 8.61. The van der Waals surface area contributed by atoms with Crippen LogP contribution in [0.15, 0.2) is 54.7 Å². The molecule has 0 aliphatic rings. The molecule has 0 fully saturated rings. The lowest BCUT2D eigenvalue weighted by Crippen LogP contribution is -2.07. The van der Waals surface area contributed by atoms with Crippen LogP contribution in [0.4, 0.5) is 5.69 Å². The molecule has 4 aromatic rings. The number of nitrogen functional groups attached to an aromatic ring is 1. The maximum atomic E-state index is 13.1. The van der Waals surface area contributed by atoms with Crippen molar-refractivity contribution >= 4 is 39.8 Å². The Labute approximate surface area is 159 Å². The van der Waals surface area contributed by atoms with Gasteiger partial charge in [0.15, 0.2) is 11.5 Å². The Morgan fingerprint density at radius 3 is 2.52 bits per heavy atom. The molecule has 0 bridgehead atoms. The van der Waals surface area contributed by atoms with Crippen LogP contribution in [0.2, 0.25) is 5.02 Å². The van der Waals surface area contributed by atoms with E-state index in [1.54, 1.807) is 30.5 Å². The van der Waals surface area contributed by atoms with Gasteiger partial charge in [-0.1, -0.05) is 29.8 Å². The molecule has 27 heavy (non-hydrogen) atoms. The molecule has 2 aromatic heterocycles. The number of carbonyl (C=O) groups is 2. The van der Waals surface area contributed by atoms with Gasteiger partial charge in [-0.25, -0.2) is 4.68 Å². The van der Waals surface area contributed by atoms with Crippen LogP contribution in [0.5, 0.6) is 0 Å². The zero-order chi connectivity index (χ0) is 19.1. The van der Waals surface area contributed by atoms with Gasteiger partial charge in [-0.15, -0.1) is 0 Å². The number of Topliss-reactive ketones (excluding diaryl/α,β-unsaturated/α-hetero) is 1. The highest BCUT2D eigenvalue weighted by Crippen LogP contribution is 2.27. The number of nitrogens with one attached hydrogen (secondary N) is 1. The van der Waals surface area contributed by atoms with Crippen LogP contribution in [0.25, 0.3) is 16.6 Å². The quantitative estimate of drug-likeness (QED) is 0.524. The fourth-order valence-electron chi connectivity index (χ4n) is 3.09. The van der Waals surface area contributed by atoms with Crippen molar-refractivity contribution in [2.45, 2.75) is 6.92 Å². The molecule has 0 radical (unpaired) electrons. The highest BCUT2D eigenvalue weighted by atomic mass is 35.5. The van der Waals surface area contributed by atoms with Gasteiger partial charge in [-0.3, -0.25) is 9.59 Å². The van der Waals surface area contributed by atoms with Gasteiger partial charge in [0.1, 0.15) is 5.69 Å². The third-order valence-electron chi connectivity index (χ3n) is 4.38. The first-order valence-electron chi connectivity index (χ1n) is 8.23. The number of para-hydroxylation sites is 1. The van der Waals surface area contributed by atoms with E-state index in [4.69, 9.17) is 17.3 Å². The zero-order valence-corrected chi connectivity index (χ0v) is 15.1. The summed E-state index contributed by atoms with van der Waals surface area (Å²) in [5.74, 6) is -0.631. The first-order chi connectivity index (χ1) is 13.0. The fourth-order valence-corrected chi connectivity index (χ4v) is 3.22. The molecule has 0 amide bonds. The highest BCUT2D eigenvalue weighted by Gasteiger charge is 2.26. The van der Waals surface area contributed by atoms with Crippen molar-refractivity contribution in [2.24, 2.45) is 0 Å². The molecule has 0 saturated heterocycles. The molecule has 3 N–H and O–H groups in total. The number of H-pyrrole nitrogens is 1. The number of aromatic amines is 1. The van der Waals surface area contributed by atoms with E-state index in [1.807, 2.05) is 24.3 Å². The Balaban J connectivity index is 1.88. The summed E-state index contributed by atoms with van der Waals surface area (Å²) in [7, 11) is 0. The third-order valence-corrected chi connectivity index (χ3v) is 4.63. The van der Waals surface area contributed by atoms with Crippen molar-refractivity contribution in [3.8, 4) is 5.69 Å². The normalized spacial score (nSPS) is 11.0. The number of nitrogens with zero attached hydrogens (tertiary/aromatic N) is 2. The van der Waals surface area contributed by atoms with Crippen LogP contribution in [-0.2, 0) is 0 Å². The molecular formula is C20H15ClN4O2. The second kappa shape index (κ2) is 6.41. The van der Waals surface area contributed by atoms with E-state index in [9.17, 15) is 9.59 Å². The number of hydrogen-bond acceptors (Lipinski definition) is 4. The summed E-state index contributed by atoms with van der Waals surface area (Å²) in [4.78, 5) is 28.3. The minimum Gasteiger partial charge on any atom is -0.395 e. The summed E-state index contributed by atoms with van der Waals surface area (Å²) in [6, 6.07) is 14.2. The van der Waals surface area contributed by atoms with E-state index in [0.29, 0.717) is 16.3 Å². The van der Waals surface area contributed by atoms with Crippen LogP contribution in [0.1, 0.15) is 33.5 Å². The molecule has 0 spiro atoms. The standard InChI is InChI=1S/C20H15ClN4O2/c1-11(26)19-17(22)18(24-25(19)13-8-6-12(21)7-9-13)20(27)15-10-23-16-5-3-2-4-14(15)16/h2-10,23H,22H2,1H3. The predicted molar refractivity (Wildman–Crippen MR) is 105 cm³/mol. The van der Waals surface area contributed by atoms with E-state index >= 15 is 0 Å². The molecule has 0 aliphatic heterocycles. The molecule has 0 atom stereocenters. The topological polar surface area (TPSA) is 93.8 Å². The second-order valence-corrected chi connectivity index (χ2v) is 6.57. The molecule has 6 nitrogen and oxygen atoms in total. The monoisotopic (exact) mass is 378 g/mol. The number of benzene rings is 2. The third kappa shape index (κ3) is 2.80. The average Bonchev–Trinajstić information content (AvgIpc) is 3.23. The number of hydrogen-bond donors (Lipinski definition) is 2. The number of carbonyl (C=O) groups excluding carboxylic acids is 2. The van der Waals surface area contributed by atoms with Gasteiger partial charge in [-0.05, 0) is 30.3 Å². The van der Waals surface area contributed by atoms with Gasteiger partial charge in [0.25, 0.3) is 0 Å². The van der Waals surface area contributed by atoms with Crippen molar-refractivity contribution in [1.82, 2.24) is 14.8 Å². The number of halogens is 1. The number of aromatic nitrogens is 3. The molecular weight excluding hydrogens is 364 g/mol. The second-order valence-electron chi connectivity index (χ2n) is 6.13. The zero-order valence-electron chi connectivity index (χ0n) is 14.4. The van der Waals surface area contributed by atoms with Gasteiger partial charge < -0.3 is 10.7 Å². The highest BCUT2D eigenvalue weighted by molar-refractivity contribution is 6.30. The maximum Gasteiger partial charge on any atom is 0.217 e. The van der Waals surface area contributed by atoms with Crippen molar-refractivity contribution in [3.05, 3.63) is 76.7 Å². The molecule has 0 aliphatic carbocycles. The molecule has 2 aromatic carbocycles. The van der Waals surface area contributed by atoms with Gasteiger partial charge in [0, 0.05) is 34.6 Å². The average molecular weight is 379 g/mol. The molecule has 0 saturated carbocycles. The van der Waals surface area contributed by atoms with Gasteiger partial charge in [-0.2, -0.15) is 5.10 Å². The number of anilines is 1. The molecule has 134 valence electrons. The Morgan fingerprint density at radius 1 is 1.11 bits per heavy atom. The lowest BCUT2D eigenvalue weighted by atomic mass is 10.1. The number of rotatable bonds is 4. The van der Waals surface area contributed by atoms with Crippen LogP contribution in [0, 0.1) is 0 Å². The SMILES string of the molecule is CC(=O)c1c(N)c(C(=O)c2c[nH]c3ccccc23)nn1-c1ccc(Cl)cc1. The lowest BCUT2D eigenvalue weighted by molar-refractivity contribution is 0.100. The summed E-state index contributed by atoms with van der Waals surface area (Å²) in [6.07, 6.45) is 1.63. The Kier molecular flexibility index (Phi) is 4.05. The number of nitrogens with two attached hydrogens (primary N) is 1. The van der Waals surface area contributed by atoms with E-state index in [2.05, 4.69) is 10.1 Å². The van der Waals surface area contributed by atoms with Crippen molar-refractivity contribution < 1.29 is 9.59 Å². The van der Waals surface area contributed by atoms with E-state index in [0.717, 1.165) is 10.9 Å². The summed E-state index contributed by atoms with van der Waals surface area (Å²) < 4.78 is 1.38. The Hall–Kier alpha value is -3.38. The minimum absolute atomic E-state index is 0.0416. The van der Waals surface area contributed by atoms with E-state index in [1.165, 1.54) is 11.6 Å². The van der Waals surface area contributed by atoms with Crippen molar-refractivity contribution in [3.63, 3.8) is 0 Å². The molecule has 0 unspecified atom stereocenters. The first kappa shape index (κ1) is 17.1.